The highest BCUT2D eigenvalue weighted by molar-refractivity contribution is 7.14. The van der Waals surface area contributed by atoms with Gasteiger partial charge in [0.15, 0.2) is 11.7 Å². The Morgan fingerprint density at radius 3 is 2.92 bits per heavy atom. The molecule has 0 unspecified atom stereocenters. The third-order valence-electron chi connectivity index (χ3n) is 4.05. The number of aromatic nitrogens is 1. The van der Waals surface area contributed by atoms with Gasteiger partial charge in [-0.05, 0) is 30.7 Å². The topological polar surface area (TPSA) is 63.2 Å². The van der Waals surface area contributed by atoms with E-state index in [1.54, 1.807) is 11.3 Å². The van der Waals surface area contributed by atoms with Crippen LogP contribution in [0.4, 0.5) is 10.8 Å². The fourth-order valence-corrected chi connectivity index (χ4v) is 3.53. The lowest BCUT2D eigenvalue weighted by atomic mass is 10.1. The Bertz CT molecular complexity index is 908. The first-order valence-electron chi connectivity index (χ1n) is 8.03. The first-order valence-corrected chi connectivity index (χ1v) is 8.91. The molecule has 0 fully saturated rings. The number of carbonyl (C=O) groups is 1. The van der Waals surface area contributed by atoms with Crippen molar-refractivity contribution in [3.05, 3.63) is 59.5 Å². The van der Waals surface area contributed by atoms with Crippen molar-refractivity contribution in [1.82, 2.24) is 4.98 Å². The van der Waals surface area contributed by atoms with E-state index >= 15 is 0 Å². The maximum Gasteiger partial charge on any atom is 0.262 e. The summed E-state index contributed by atoms with van der Waals surface area (Å²) in [5, 5.41) is 9.13. The van der Waals surface area contributed by atoms with Gasteiger partial charge in [0.1, 0.15) is 5.75 Å². The maximum absolute atomic E-state index is 11.5. The van der Waals surface area contributed by atoms with Crippen molar-refractivity contribution < 1.29 is 9.53 Å². The van der Waals surface area contributed by atoms with E-state index in [-0.39, 0.29) is 18.6 Å². The van der Waals surface area contributed by atoms with E-state index in [0.717, 1.165) is 16.4 Å². The fourth-order valence-electron chi connectivity index (χ4n) is 2.73. The average molecular weight is 351 g/mol. The second kappa shape index (κ2) is 6.57. The largest absolute Gasteiger partial charge is 0.482 e. The van der Waals surface area contributed by atoms with Gasteiger partial charge in [-0.25, -0.2) is 4.98 Å². The van der Waals surface area contributed by atoms with Gasteiger partial charge in [-0.15, -0.1) is 11.3 Å². The molecule has 0 aliphatic carbocycles. The molecule has 5 nitrogen and oxygen atoms in total. The number of rotatable bonds is 4. The SMILES string of the molecule is C[C@H](Nc1nc(-c2ccc3c(c2)NC(=O)CO3)cs1)c1ccccc1. The third-order valence-corrected chi connectivity index (χ3v) is 4.83. The highest BCUT2D eigenvalue weighted by Gasteiger charge is 2.17. The third kappa shape index (κ3) is 3.34. The number of nitrogens with zero attached hydrogens (tertiary/aromatic N) is 1. The Morgan fingerprint density at radius 1 is 1.24 bits per heavy atom. The van der Waals surface area contributed by atoms with E-state index < -0.39 is 0 Å². The Morgan fingerprint density at radius 2 is 2.08 bits per heavy atom. The molecule has 25 heavy (non-hydrogen) atoms. The molecule has 1 aromatic heterocycles. The number of hydrogen-bond acceptors (Lipinski definition) is 5. The molecule has 0 radical (unpaired) electrons. The van der Waals surface area contributed by atoms with Crippen molar-refractivity contribution in [2.24, 2.45) is 0 Å². The van der Waals surface area contributed by atoms with Gasteiger partial charge >= 0.3 is 0 Å². The minimum atomic E-state index is -0.137. The molecule has 0 spiro atoms. The van der Waals surface area contributed by atoms with Crippen LogP contribution < -0.4 is 15.4 Å². The number of amides is 1. The van der Waals surface area contributed by atoms with Gasteiger partial charge < -0.3 is 15.4 Å². The molecule has 4 rings (SSSR count). The lowest BCUT2D eigenvalue weighted by Crippen LogP contribution is -2.25. The quantitative estimate of drug-likeness (QED) is 0.735. The fraction of sp³-hybridized carbons (Fsp3) is 0.158. The number of carbonyl (C=O) groups excluding carboxylic acids is 1. The van der Waals surface area contributed by atoms with Gasteiger partial charge in [-0.1, -0.05) is 30.3 Å². The lowest BCUT2D eigenvalue weighted by Gasteiger charge is -2.18. The summed E-state index contributed by atoms with van der Waals surface area (Å²) in [4.78, 5) is 16.1. The molecule has 2 aromatic carbocycles. The monoisotopic (exact) mass is 351 g/mol. The van der Waals surface area contributed by atoms with Crippen molar-refractivity contribution in [3.8, 4) is 17.0 Å². The van der Waals surface area contributed by atoms with Crippen molar-refractivity contribution in [3.63, 3.8) is 0 Å². The van der Waals surface area contributed by atoms with Gasteiger partial charge in [0.2, 0.25) is 0 Å². The number of benzene rings is 2. The summed E-state index contributed by atoms with van der Waals surface area (Å²) in [6.07, 6.45) is 0. The van der Waals surface area contributed by atoms with Crippen LogP contribution in [0.15, 0.2) is 53.9 Å². The zero-order valence-corrected chi connectivity index (χ0v) is 14.5. The summed E-state index contributed by atoms with van der Waals surface area (Å²) in [7, 11) is 0. The van der Waals surface area contributed by atoms with Gasteiger partial charge in [0.25, 0.3) is 5.91 Å². The zero-order valence-electron chi connectivity index (χ0n) is 13.7. The number of ether oxygens (including phenoxy) is 1. The van der Waals surface area contributed by atoms with Crippen LogP contribution in [0.1, 0.15) is 18.5 Å². The van der Waals surface area contributed by atoms with E-state index in [2.05, 4.69) is 34.7 Å². The van der Waals surface area contributed by atoms with Crippen LogP contribution in [-0.2, 0) is 4.79 Å². The van der Waals surface area contributed by atoms with Crippen LogP contribution in [0.5, 0.6) is 5.75 Å². The minimum absolute atomic E-state index is 0.0640. The van der Waals surface area contributed by atoms with Crippen LogP contribution in [0, 0.1) is 0 Å². The summed E-state index contributed by atoms with van der Waals surface area (Å²) < 4.78 is 5.39. The van der Waals surface area contributed by atoms with Crippen molar-refractivity contribution in [2.45, 2.75) is 13.0 Å². The van der Waals surface area contributed by atoms with Gasteiger partial charge in [-0.3, -0.25) is 4.79 Å². The van der Waals surface area contributed by atoms with Crippen LogP contribution in [0.2, 0.25) is 0 Å². The number of fused-ring (bicyclic) bond motifs is 1. The van der Waals surface area contributed by atoms with E-state index in [4.69, 9.17) is 4.74 Å². The van der Waals surface area contributed by atoms with Crippen LogP contribution in [-0.4, -0.2) is 17.5 Å². The molecule has 3 aromatic rings. The van der Waals surface area contributed by atoms with Crippen LogP contribution in [0.3, 0.4) is 0 Å². The lowest BCUT2D eigenvalue weighted by molar-refractivity contribution is -0.118. The molecule has 1 atom stereocenters. The second-order valence-corrected chi connectivity index (χ2v) is 6.72. The summed E-state index contributed by atoms with van der Waals surface area (Å²) >= 11 is 1.56. The number of nitrogens with one attached hydrogen (secondary N) is 2. The number of anilines is 2. The molecule has 1 aliphatic heterocycles. The summed E-state index contributed by atoms with van der Waals surface area (Å²) in [5.74, 6) is 0.552. The normalized spacial score (nSPS) is 14.2. The molecule has 0 bridgehead atoms. The van der Waals surface area contributed by atoms with E-state index in [1.165, 1.54) is 5.56 Å². The molecule has 126 valence electrons. The van der Waals surface area contributed by atoms with Crippen molar-refractivity contribution in [2.75, 3.05) is 17.2 Å². The highest BCUT2D eigenvalue weighted by Crippen LogP contribution is 2.34. The van der Waals surface area contributed by atoms with E-state index in [0.29, 0.717) is 11.4 Å². The molecular weight excluding hydrogens is 334 g/mol. The molecule has 2 N–H and O–H groups in total. The second-order valence-electron chi connectivity index (χ2n) is 5.86. The summed E-state index contributed by atoms with van der Waals surface area (Å²) in [5.41, 5.74) is 3.72. The van der Waals surface area contributed by atoms with E-state index in [9.17, 15) is 4.79 Å². The number of thiazole rings is 1. The first-order chi connectivity index (χ1) is 12.2. The van der Waals surface area contributed by atoms with E-state index in [1.807, 2.05) is 41.8 Å². The molecule has 0 saturated carbocycles. The number of hydrogen-bond donors (Lipinski definition) is 2. The molecule has 6 heteroatoms. The first kappa shape index (κ1) is 15.7. The van der Waals surface area contributed by atoms with Crippen LogP contribution >= 0.6 is 11.3 Å². The Kier molecular flexibility index (Phi) is 4.11. The zero-order chi connectivity index (χ0) is 17.2. The Balaban J connectivity index is 1.53. The molecule has 1 aliphatic rings. The van der Waals surface area contributed by atoms with Gasteiger partial charge in [0, 0.05) is 10.9 Å². The van der Waals surface area contributed by atoms with Crippen LogP contribution in [0.25, 0.3) is 11.3 Å². The predicted octanol–water partition coefficient (Wildman–Crippen LogP) is 4.31. The van der Waals surface area contributed by atoms with Gasteiger partial charge in [-0.2, -0.15) is 0 Å². The average Bonchev–Trinajstić information content (AvgIpc) is 3.10. The molecule has 2 heterocycles. The van der Waals surface area contributed by atoms with Crippen molar-refractivity contribution >= 4 is 28.1 Å². The highest BCUT2D eigenvalue weighted by atomic mass is 32.1. The maximum atomic E-state index is 11.5. The smallest absolute Gasteiger partial charge is 0.262 e. The predicted molar refractivity (Wildman–Crippen MR) is 100 cm³/mol. The summed E-state index contributed by atoms with van der Waals surface area (Å²) in [6, 6.07) is 16.2. The Hall–Kier alpha value is -2.86. The summed E-state index contributed by atoms with van der Waals surface area (Å²) in [6.45, 7) is 2.18. The molecule has 0 saturated heterocycles. The molecule has 1 amide bonds. The Labute approximate surface area is 149 Å². The van der Waals surface area contributed by atoms with Gasteiger partial charge in [0.05, 0.1) is 17.4 Å². The van der Waals surface area contributed by atoms with Crippen molar-refractivity contribution in [1.29, 1.82) is 0 Å². The standard InChI is InChI=1S/C19H17N3O2S/c1-12(13-5-3-2-4-6-13)20-19-22-16(11-25-19)14-7-8-17-15(9-14)21-18(23)10-24-17/h2-9,11-12H,10H2,1H3,(H,20,22)(H,21,23)/t12-/m0/s1. The minimum Gasteiger partial charge on any atom is -0.482 e. The molecular formula is C19H17N3O2S.